The van der Waals surface area contributed by atoms with E-state index in [4.69, 9.17) is 16.3 Å². The van der Waals surface area contributed by atoms with Crippen LogP contribution in [0.25, 0.3) is 11.1 Å². The van der Waals surface area contributed by atoms with Crippen LogP contribution in [0.3, 0.4) is 0 Å². The van der Waals surface area contributed by atoms with Gasteiger partial charge >= 0.3 is 0 Å². The number of aliphatic hydroxyl groups excluding tert-OH is 1. The van der Waals surface area contributed by atoms with Crippen LogP contribution in [-0.4, -0.2) is 30.5 Å². The van der Waals surface area contributed by atoms with Gasteiger partial charge in [0.25, 0.3) is 0 Å². The van der Waals surface area contributed by atoms with Crippen LogP contribution >= 0.6 is 11.6 Å². The summed E-state index contributed by atoms with van der Waals surface area (Å²) in [6.07, 6.45) is -1.13. The first-order chi connectivity index (χ1) is 11.4. The first-order valence-electron chi connectivity index (χ1n) is 7.56. The number of aliphatic hydroxyl groups is 1. The Labute approximate surface area is 144 Å². The van der Waals surface area contributed by atoms with Gasteiger partial charge in [-0.1, -0.05) is 23.7 Å². The molecule has 1 heterocycles. The van der Waals surface area contributed by atoms with Gasteiger partial charge in [0.1, 0.15) is 5.82 Å². The zero-order valence-electron chi connectivity index (χ0n) is 13.3. The number of hydrogen-bond acceptors (Lipinski definition) is 4. The molecule has 1 unspecified atom stereocenters. The van der Waals surface area contributed by atoms with Crippen LogP contribution in [0.15, 0.2) is 30.3 Å². The van der Waals surface area contributed by atoms with Gasteiger partial charge in [0.05, 0.1) is 12.3 Å². The van der Waals surface area contributed by atoms with Crippen LogP contribution in [0.4, 0.5) is 10.1 Å². The van der Waals surface area contributed by atoms with E-state index in [-0.39, 0.29) is 5.78 Å². The van der Waals surface area contributed by atoms with Crippen molar-refractivity contribution < 1.29 is 19.0 Å². The van der Waals surface area contributed by atoms with Crippen LogP contribution in [0.2, 0.25) is 5.02 Å². The predicted molar refractivity (Wildman–Crippen MR) is 90.9 cm³/mol. The van der Waals surface area contributed by atoms with E-state index in [1.807, 2.05) is 0 Å². The van der Waals surface area contributed by atoms with Crippen LogP contribution in [0.1, 0.15) is 22.8 Å². The summed E-state index contributed by atoms with van der Waals surface area (Å²) in [4.78, 5) is 13.8. The number of hydrogen-bond donors (Lipinski definition) is 1. The largest absolute Gasteiger partial charge is 0.351 e. The smallest absolute Gasteiger partial charge is 0.238 e. The van der Waals surface area contributed by atoms with Crippen molar-refractivity contribution in [2.75, 3.05) is 18.1 Å². The third kappa shape index (κ3) is 2.90. The van der Waals surface area contributed by atoms with E-state index in [1.165, 1.54) is 19.1 Å². The van der Waals surface area contributed by atoms with Crippen molar-refractivity contribution in [1.82, 2.24) is 0 Å². The minimum Gasteiger partial charge on any atom is -0.351 e. The highest BCUT2D eigenvalue weighted by Crippen LogP contribution is 2.42. The van der Waals surface area contributed by atoms with Gasteiger partial charge in [0, 0.05) is 22.7 Å². The van der Waals surface area contributed by atoms with E-state index in [9.17, 15) is 14.3 Å². The van der Waals surface area contributed by atoms with Gasteiger partial charge in [-0.25, -0.2) is 4.39 Å². The Bertz CT molecular complexity index is 809. The molecule has 0 aliphatic carbocycles. The fraction of sp³-hybridized carbons (Fsp3) is 0.278. The molecular formula is C18H17ClFNO3. The standard InChI is InChI=1S/C18H17ClFNO3/c1-10-15(19)9-14(11(2)22)16(12-4-3-5-13(20)8-12)17(10)21-6-7-24-18(21)23/h3-5,8-9,18,23H,6-7H2,1-2H3. The number of halogens is 2. The highest BCUT2D eigenvalue weighted by atomic mass is 35.5. The second-order valence-corrected chi connectivity index (χ2v) is 6.12. The van der Waals surface area contributed by atoms with Gasteiger partial charge in [-0.2, -0.15) is 0 Å². The number of anilines is 1. The van der Waals surface area contributed by atoms with E-state index in [0.717, 1.165) is 0 Å². The quantitative estimate of drug-likeness (QED) is 0.857. The molecule has 1 saturated heterocycles. The van der Waals surface area contributed by atoms with Crippen molar-refractivity contribution in [3.8, 4) is 11.1 Å². The lowest BCUT2D eigenvalue weighted by Crippen LogP contribution is -2.31. The van der Waals surface area contributed by atoms with Crippen LogP contribution in [-0.2, 0) is 4.74 Å². The Hall–Kier alpha value is -1.95. The molecule has 2 aromatic carbocycles. The Balaban J connectivity index is 2.35. The average molecular weight is 350 g/mol. The summed E-state index contributed by atoms with van der Waals surface area (Å²) >= 11 is 6.30. The number of Topliss-reactive ketones (excluding diaryl/α,β-unsaturated/α-hetero) is 1. The lowest BCUT2D eigenvalue weighted by atomic mass is 9.92. The molecule has 0 saturated carbocycles. The number of ketones is 1. The van der Waals surface area contributed by atoms with Crippen molar-refractivity contribution in [3.05, 3.63) is 52.3 Å². The highest BCUT2D eigenvalue weighted by Gasteiger charge is 2.30. The predicted octanol–water partition coefficient (Wildman–Crippen LogP) is 3.77. The zero-order chi connectivity index (χ0) is 17.4. The maximum atomic E-state index is 13.8. The first kappa shape index (κ1) is 16.9. The van der Waals surface area contributed by atoms with Gasteiger partial charge in [-0.15, -0.1) is 0 Å². The fourth-order valence-electron chi connectivity index (χ4n) is 2.99. The summed E-state index contributed by atoms with van der Waals surface area (Å²) in [5.74, 6) is -0.592. The molecule has 6 heteroatoms. The van der Waals surface area contributed by atoms with Crippen molar-refractivity contribution >= 4 is 23.1 Å². The average Bonchev–Trinajstić information content (AvgIpc) is 2.95. The van der Waals surface area contributed by atoms with E-state index >= 15 is 0 Å². The summed E-state index contributed by atoms with van der Waals surface area (Å²) in [6.45, 7) is 4.03. The van der Waals surface area contributed by atoms with E-state index in [0.29, 0.717) is 46.1 Å². The second-order valence-electron chi connectivity index (χ2n) is 5.71. The van der Waals surface area contributed by atoms with Crippen LogP contribution in [0, 0.1) is 12.7 Å². The zero-order valence-corrected chi connectivity index (χ0v) is 14.1. The molecule has 3 rings (SSSR count). The van der Waals surface area contributed by atoms with Crippen LogP contribution < -0.4 is 4.90 Å². The molecule has 1 atom stereocenters. The van der Waals surface area contributed by atoms with Crippen molar-refractivity contribution in [3.63, 3.8) is 0 Å². The molecule has 1 N–H and O–H groups in total. The van der Waals surface area contributed by atoms with E-state index in [1.54, 1.807) is 30.0 Å². The summed E-state index contributed by atoms with van der Waals surface area (Å²) in [7, 11) is 0. The van der Waals surface area contributed by atoms with Gasteiger partial charge in [0.2, 0.25) is 6.41 Å². The van der Waals surface area contributed by atoms with E-state index < -0.39 is 12.2 Å². The number of rotatable bonds is 3. The minimum absolute atomic E-state index is 0.188. The summed E-state index contributed by atoms with van der Waals surface area (Å²) in [5, 5.41) is 10.5. The SMILES string of the molecule is CC(=O)c1cc(Cl)c(C)c(N2CCOC2O)c1-c1cccc(F)c1. The molecule has 0 aromatic heterocycles. The monoisotopic (exact) mass is 349 g/mol. The lowest BCUT2D eigenvalue weighted by molar-refractivity contribution is -0.0573. The molecule has 24 heavy (non-hydrogen) atoms. The molecule has 4 nitrogen and oxygen atoms in total. The number of carbonyl (C=O) groups is 1. The Kier molecular flexibility index (Phi) is 4.58. The van der Waals surface area contributed by atoms with Gasteiger partial charge in [0.15, 0.2) is 5.78 Å². The molecule has 0 spiro atoms. The second kappa shape index (κ2) is 6.51. The molecular weight excluding hydrogens is 333 g/mol. The molecule has 1 aliphatic rings. The number of nitrogens with zero attached hydrogens (tertiary/aromatic N) is 1. The number of carbonyl (C=O) groups excluding carboxylic acids is 1. The normalized spacial score (nSPS) is 17.4. The fourth-order valence-corrected chi connectivity index (χ4v) is 3.19. The first-order valence-corrected chi connectivity index (χ1v) is 7.94. The molecule has 2 aromatic rings. The van der Waals surface area contributed by atoms with Gasteiger partial charge in [-0.05, 0) is 43.2 Å². The molecule has 1 fully saturated rings. The summed E-state index contributed by atoms with van der Waals surface area (Å²) in [5.41, 5.74) is 2.77. The number of benzene rings is 2. The Morgan fingerprint density at radius 3 is 2.75 bits per heavy atom. The van der Waals surface area contributed by atoms with Crippen LogP contribution in [0.5, 0.6) is 0 Å². The topological polar surface area (TPSA) is 49.8 Å². The molecule has 126 valence electrons. The number of ether oxygens (including phenoxy) is 1. The van der Waals surface area contributed by atoms with Crippen molar-refractivity contribution in [2.45, 2.75) is 20.3 Å². The maximum Gasteiger partial charge on any atom is 0.238 e. The summed E-state index contributed by atoms with van der Waals surface area (Å²) < 4.78 is 19.0. The third-order valence-electron chi connectivity index (χ3n) is 4.14. The third-order valence-corrected chi connectivity index (χ3v) is 4.53. The highest BCUT2D eigenvalue weighted by molar-refractivity contribution is 6.32. The molecule has 0 bridgehead atoms. The molecule has 0 radical (unpaired) electrons. The lowest BCUT2D eigenvalue weighted by Gasteiger charge is -2.28. The Morgan fingerprint density at radius 1 is 1.42 bits per heavy atom. The Morgan fingerprint density at radius 2 is 2.17 bits per heavy atom. The van der Waals surface area contributed by atoms with Gasteiger partial charge < -0.3 is 14.7 Å². The molecule has 1 aliphatic heterocycles. The minimum atomic E-state index is -1.13. The summed E-state index contributed by atoms with van der Waals surface area (Å²) in [6, 6.07) is 7.60. The van der Waals surface area contributed by atoms with Gasteiger partial charge in [-0.3, -0.25) is 4.79 Å². The van der Waals surface area contributed by atoms with Crippen molar-refractivity contribution in [1.29, 1.82) is 0 Å². The van der Waals surface area contributed by atoms with E-state index in [2.05, 4.69) is 0 Å². The molecule has 0 amide bonds. The van der Waals surface area contributed by atoms with Crippen molar-refractivity contribution in [2.24, 2.45) is 0 Å². The maximum absolute atomic E-state index is 13.8.